The van der Waals surface area contributed by atoms with Crippen LogP contribution in [0.2, 0.25) is 0 Å². The Balaban J connectivity index is 2.30. The summed E-state index contributed by atoms with van der Waals surface area (Å²) in [4.78, 5) is 11.0. The van der Waals surface area contributed by atoms with E-state index in [4.69, 9.17) is 10.6 Å². The van der Waals surface area contributed by atoms with E-state index < -0.39 is 0 Å². The molecule has 0 aromatic heterocycles. The molecule has 1 amide bonds. The number of nitrogens with two attached hydrogens (primary N) is 1. The summed E-state index contributed by atoms with van der Waals surface area (Å²) in [6.45, 7) is 5.09. The fraction of sp³-hybridized carbons (Fsp3) is 0.562. The number of benzene rings is 1. The van der Waals surface area contributed by atoms with E-state index in [1.807, 2.05) is 12.1 Å². The standard InChI is InChI=1S/C16H26N2O2/c1-3-13(2)14-9-6-7-10-15(14)20-12-8-4-5-11-16(19)18-17/h6-7,9-10,13H,3-5,8,11-12,17H2,1-2H3,(H,18,19). The average molecular weight is 278 g/mol. The van der Waals surface area contributed by atoms with E-state index in [9.17, 15) is 4.79 Å². The highest BCUT2D eigenvalue weighted by molar-refractivity contribution is 5.75. The number of hydrazine groups is 1. The van der Waals surface area contributed by atoms with Crippen LogP contribution in [0.4, 0.5) is 0 Å². The first kappa shape index (κ1) is 16.5. The number of amides is 1. The molecule has 1 aromatic rings. The molecule has 0 radical (unpaired) electrons. The SMILES string of the molecule is CCC(C)c1ccccc1OCCCCCC(=O)NN. The summed E-state index contributed by atoms with van der Waals surface area (Å²) in [6, 6.07) is 8.23. The van der Waals surface area contributed by atoms with Crippen molar-refractivity contribution in [3.63, 3.8) is 0 Å². The summed E-state index contributed by atoms with van der Waals surface area (Å²) in [7, 11) is 0. The molecule has 0 aliphatic heterocycles. The Hall–Kier alpha value is -1.55. The molecule has 0 aliphatic carbocycles. The van der Waals surface area contributed by atoms with Crippen LogP contribution in [0.1, 0.15) is 57.4 Å². The number of carbonyl (C=O) groups excluding carboxylic acids is 1. The van der Waals surface area contributed by atoms with Gasteiger partial charge in [-0.15, -0.1) is 0 Å². The highest BCUT2D eigenvalue weighted by atomic mass is 16.5. The first-order chi connectivity index (χ1) is 9.69. The first-order valence-electron chi connectivity index (χ1n) is 7.40. The van der Waals surface area contributed by atoms with Gasteiger partial charge >= 0.3 is 0 Å². The van der Waals surface area contributed by atoms with Crippen LogP contribution >= 0.6 is 0 Å². The van der Waals surface area contributed by atoms with Crippen molar-refractivity contribution in [1.29, 1.82) is 0 Å². The van der Waals surface area contributed by atoms with Crippen molar-refractivity contribution in [3.8, 4) is 5.75 Å². The molecular weight excluding hydrogens is 252 g/mol. The molecule has 0 fully saturated rings. The molecule has 0 saturated heterocycles. The third-order valence-corrected chi connectivity index (χ3v) is 3.53. The van der Waals surface area contributed by atoms with Crippen LogP contribution in [-0.2, 0) is 4.79 Å². The van der Waals surface area contributed by atoms with E-state index in [1.165, 1.54) is 5.56 Å². The van der Waals surface area contributed by atoms with Crippen LogP contribution in [-0.4, -0.2) is 12.5 Å². The Morgan fingerprint density at radius 1 is 1.30 bits per heavy atom. The van der Waals surface area contributed by atoms with Gasteiger partial charge in [0.15, 0.2) is 0 Å². The molecule has 1 rings (SSSR count). The van der Waals surface area contributed by atoms with Crippen LogP contribution in [0.15, 0.2) is 24.3 Å². The topological polar surface area (TPSA) is 64.3 Å². The number of hydrogen-bond donors (Lipinski definition) is 2. The maximum atomic E-state index is 11.0. The lowest BCUT2D eigenvalue weighted by atomic mass is 9.98. The largest absolute Gasteiger partial charge is 0.493 e. The van der Waals surface area contributed by atoms with E-state index in [2.05, 4.69) is 31.4 Å². The molecule has 0 spiro atoms. The van der Waals surface area contributed by atoms with Gasteiger partial charge in [0.1, 0.15) is 5.75 Å². The van der Waals surface area contributed by atoms with Crippen LogP contribution in [0.5, 0.6) is 5.75 Å². The molecule has 0 heterocycles. The Labute approximate surface area is 121 Å². The maximum Gasteiger partial charge on any atom is 0.233 e. The van der Waals surface area contributed by atoms with Crippen molar-refractivity contribution in [1.82, 2.24) is 5.43 Å². The predicted octanol–water partition coefficient (Wildman–Crippen LogP) is 3.13. The zero-order valence-electron chi connectivity index (χ0n) is 12.5. The minimum absolute atomic E-state index is 0.104. The molecule has 1 atom stereocenters. The summed E-state index contributed by atoms with van der Waals surface area (Å²) in [5, 5.41) is 0. The van der Waals surface area contributed by atoms with Gasteiger partial charge in [0.2, 0.25) is 5.91 Å². The Morgan fingerprint density at radius 3 is 2.75 bits per heavy atom. The third kappa shape index (κ3) is 5.61. The number of unbranched alkanes of at least 4 members (excludes halogenated alkanes) is 2. The van der Waals surface area contributed by atoms with Crippen LogP contribution < -0.4 is 16.0 Å². The van der Waals surface area contributed by atoms with Gasteiger partial charge in [-0.1, -0.05) is 32.0 Å². The number of ether oxygens (including phenoxy) is 1. The monoisotopic (exact) mass is 278 g/mol. The van der Waals surface area contributed by atoms with Gasteiger partial charge in [0, 0.05) is 6.42 Å². The third-order valence-electron chi connectivity index (χ3n) is 3.53. The molecule has 1 aromatic carbocycles. The number of hydrogen-bond acceptors (Lipinski definition) is 3. The van der Waals surface area contributed by atoms with Crippen molar-refractivity contribution >= 4 is 5.91 Å². The van der Waals surface area contributed by atoms with Gasteiger partial charge in [-0.3, -0.25) is 10.2 Å². The van der Waals surface area contributed by atoms with Gasteiger partial charge in [-0.05, 0) is 43.2 Å². The molecular formula is C16H26N2O2. The summed E-state index contributed by atoms with van der Waals surface area (Å²) < 4.78 is 5.87. The van der Waals surface area contributed by atoms with Crippen molar-refractivity contribution in [2.24, 2.45) is 5.84 Å². The summed E-state index contributed by atoms with van der Waals surface area (Å²) >= 11 is 0. The lowest BCUT2D eigenvalue weighted by molar-refractivity contribution is -0.121. The van der Waals surface area contributed by atoms with Crippen LogP contribution in [0, 0.1) is 0 Å². The van der Waals surface area contributed by atoms with E-state index in [1.54, 1.807) is 0 Å². The summed E-state index contributed by atoms with van der Waals surface area (Å²) in [5.41, 5.74) is 3.41. The fourth-order valence-electron chi connectivity index (χ4n) is 2.06. The second kappa shape index (κ2) is 9.37. The molecule has 4 nitrogen and oxygen atoms in total. The Bertz CT molecular complexity index is 407. The number of rotatable bonds is 9. The van der Waals surface area contributed by atoms with Gasteiger partial charge in [-0.2, -0.15) is 0 Å². The minimum Gasteiger partial charge on any atom is -0.493 e. The minimum atomic E-state index is -0.104. The van der Waals surface area contributed by atoms with Gasteiger partial charge in [-0.25, -0.2) is 5.84 Å². The first-order valence-corrected chi connectivity index (χ1v) is 7.40. The lowest BCUT2D eigenvalue weighted by Gasteiger charge is -2.15. The van der Waals surface area contributed by atoms with Crippen molar-refractivity contribution in [2.45, 2.75) is 51.9 Å². The Kier molecular flexibility index (Phi) is 7.73. The van der Waals surface area contributed by atoms with Gasteiger partial charge < -0.3 is 4.74 Å². The van der Waals surface area contributed by atoms with Crippen LogP contribution in [0.25, 0.3) is 0 Å². The molecule has 0 saturated carbocycles. The van der Waals surface area contributed by atoms with Crippen molar-refractivity contribution in [3.05, 3.63) is 29.8 Å². The van der Waals surface area contributed by atoms with Crippen molar-refractivity contribution < 1.29 is 9.53 Å². The van der Waals surface area contributed by atoms with E-state index in [0.29, 0.717) is 18.9 Å². The maximum absolute atomic E-state index is 11.0. The summed E-state index contributed by atoms with van der Waals surface area (Å²) in [5.74, 6) is 6.42. The number of para-hydroxylation sites is 1. The zero-order chi connectivity index (χ0) is 14.8. The fourth-order valence-corrected chi connectivity index (χ4v) is 2.06. The molecule has 3 N–H and O–H groups in total. The molecule has 0 bridgehead atoms. The van der Waals surface area contributed by atoms with E-state index in [-0.39, 0.29) is 5.91 Å². The quantitative estimate of drug-likeness (QED) is 0.316. The average Bonchev–Trinajstić information content (AvgIpc) is 2.50. The van der Waals surface area contributed by atoms with E-state index in [0.717, 1.165) is 31.4 Å². The highest BCUT2D eigenvalue weighted by Crippen LogP contribution is 2.28. The molecule has 20 heavy (non-hydrogen) atoms. The van der Waals surface area contributed by atoms with Crippen LogP contribution in [0.3, 0.4) is 0 Å². The smallest absolute Gasteiger partial charge is 0.233 e. The Morgan fingerprint density at radius 2 is 2.05 bits per heavy atom. The molecule has 112 valence electrons. The van der Waals surface area contributed by atoms with Gasteiger partial charge in [0.05, 0.1) is 6.61 Å². The normalized spacial score (nSPS) is 11.9. The number of nitrogens with one attached hydrogen (secondary N) is 1. The summed E-state index contributed by atoms with van der Waals surface area (Å²) in [6.07, 6.45) is 4.36. The van der Waals surface area contributed by atoms with Gasteiger partial charge in [0.25, 0.3) is 0 Å². The second-order valence-corrected chi connectivity index (χ2v) is 5.07. The number of carbonyl (C=O) groups is 1. The predicted molar refractivity (Wildman–Crippen MR) is 81.4 cm³/mol. The second-order valence-electron chi connectivity index (χ2n) is 5.07. The molecule has 4 heteroatoms. The molecule has 0 aliphatic rings. The zero-order valence-corrected chi connectivity index (χ0v) is 12.5. The highest BCUT2D eigenvalue weighted by Gasteiger charge is 2.09. The van der Waals surface area contributed by atoms with E-state index >= 15 is 0 Å². The molecule has 1 unspecified atom stereocenters. The van der Waals surface area contributed by atoms with Crippen molar-refractivity contribution in [2.75, 3.05) is 6.61 Å². The lowest BCUT2D eigenvalue weighted by Crippen LogP contribution is -2.29.